The largest absolute Gasteiger partial charge is 0.490 e. The molecule has 0 saturated carbocycles. The second-order valence-electron chi connectivity index (χ2n) is 4.14. The maximum atomic E-state index is 12.0. The molecular formula is C11H12F3N3O2. The van der Waals surface area contributed by atoms with Crippen molar-refractivity contribution in [2.24, 2.45) is 0 Å². The van der Waals surface area contributed by atoms with Crippen molar-refractivity contribution < 1.29 is 22.7 Å². The van der Waals surface area contributed by atoms with Gasteiger partial charge in [-0.25, -0.2) is 14.8 Å². The fraction of sp³-hybridized carbons (Fsp3) is 0.545. The molecule has 0 amide bonds. The van der Waals surface area contributed by atoms with Gasteiger partial charge in [0.05, 0.1) is 0 Å². The summed E-state index contributed by atoms with van der Waals surface area (Å²) in [5, 5.41) is 0. The second-order valence-corrected chi connectivity index (χ2v) is 4.14. The van der Waals surface area contributed by atoms with Crippen molar-refractivity contribution in [1.29, 1.82) is 0 Å². The van der Waals surface area contributed by atoms with Crippen LogP contribution in [0.3, 0.4) is 0 Å². The molecular weight excluding hydrogens is 263 g/mol. The van der Waals surface area contributed by atoms with Gasteiger partial charge in [-0.1, -0.05) is 0 Å². The number of hydrogen-bond acceptors (Lipinski definition) is 5. The fourth-order valence-electron chi connectivity index (χ4n) is 1.85. The highest BCUT2D eigenvalue weighted by molar-refractivity contribution is 5.75. The Morgan fingerprint density at radius 1 is 1.26 bits per heavy atom. The predicted molar refractivity (Wildman–Crippen MR) is 59.4 cm³/mol. The number of carbonyl (C=O) groups excluding carboxylic acids is 1. The number of anilines is 1. The number of halogens is 3. The van der Waals surface area contributed by atoms with E-state index >= 15 is 0 Å². The Morgan fingerprint density at radius 2 is 1.84 bits per heavy atom. The number of aromatic nitrogens is 2. The van der Waals surface area contributed by atoms with Crippen LogP contribution in [0.5, 0.6) is 0 Å². The summed E-state index contributed by atoms with van der Waals surface area (Å²) in [5.41, 5.74) is 0. The summed E-state index contributed by atoms with van der Waals surface area (Å²) < 4.78 is 40.5. The Labute approximate surface area is 107 Å². The molecule has 1 saturated heterocycles. The van der Waals surface area contributed by atoms with Gasteiger partial charge in [-0.2, -0.15) is 13.2 Å². The smallest absolute Gasteiger partial charge is 0.456 e. The highest BCUT2D eigenvalue weighted by atomic mass is 19.4. The predicted octanol–water partition coefficient (Wildman–Crippen LogP) is 1.55. The van der Waals surface area contributed by atoms with E-state index in [9.17, 15) is 18.0 Å². The third-order valence-electron chi connectivity index (χ3n) is 2.78. The third kappa shape index (κ3) is 3.55. The minimum atomic E-state index is -4.93. The van der Waals surface area contributed by atoms with Crippen LogP contribution in [0.1, 0.15) is 12.8 Å². The van der Waals surface area contributed by atoms with E-state index in [1.165, 1.54) is 0 Å². The second kappa shape index (κ2) is 5.41. The van der Waals surface area contributed by atoms with Gasteiger partial charge in [0.15, 0.2) is 0 Å². The van der Waals surface area contributed by atoms with Crippen LogP contribution in [-0.2, 0) is 9.53 Å². The maximum Gasteiger partial charge on any atom is 0.490 e. The monoisotopic (exact) mass is 275 g/mol. The van der Waals surface area contributed by atoms with E-state index in [1.807, 2.05) is 4.90 Å². The molecule has 2 rings (SSSR count). The topological polar surface area (TPSA) is 55.3 Å². The normalized spacial score (nSPS) is 17.3. The van der Waals surface area contributed by atoms with Gasteiger partial charge >= 0.3 is 12.1 Å². The lowest BCUT2D eigenvalue weighted by molar-refractivity contribution is -0.205. The number of hydrogen-bond donors (Lipinski definition) is 0. The molecule has 0 bridgehead atoms. The SMILES string of the molecule is O=C(OC1CCN(c2ncccn2)CC1)C(F)(F)F. The van der Waals surface area contributed by atoms with Gasteiger partial charge in [-0.3, -0.25) is 0 Å². The number of carbonyl (C=O) groups is 1. The molecule has 19 heavy (non-hydrogen) atoms. The molecule has 8 heteroatoms. The highest BCUT2D eigenvalue weighted by Gasteiger charge is 2.42. The van der Waals surface area contributed by atoms with E-state index in [-0.39, 0.29) is 0 Å². The highest BCUT2D eigenvalue weighted by Crippen LogP contribution is 2.22. The number of rotatable bonds is 2. The number of esters is 1. The van der Waals surface area contributed by atoms with Crippen molar-refractivity contribution in [2.75, 3.05) is 18.0 Å². The van der Waals surface area contributed by atoms with E-state index in [0.717, 1.165) is 0 Å². The molecule has 0 atom stereocenters. The lowest BCUT2D eigenvalue weighted by Crippen LogP contribution is -2.40. The summed E-state index contributed by atoms with van der Waals surface area (Å²) in [5.74, 6) is -1.59. The molecule has 2 heterocycles. The lowest BCUT2D eigenvalue weighted by Gasteiger charge is -2.31. The first kappa shape index (κ1) is 13.6. The molecule has 5 nitrogen and oxygen atoms in total. The molecule has 1 aromatic rings. The molecule has 0 N–H and O–H groups in total. The summed E-state index contributed by atoms with van der Waals surface area (Å²) in [4.78, 5) is 20.7. The summed E-state index contributed by atoms with van der Waals surface area (Å²) >= 11 is 0. The van der Waals surface area contributed by atoms with Gasteiger partial charge in [0.25, 0.3) is 0 Å². The fourth-order valence-corrected chi connectivity index (χ4v) is 1.85. The van der Waals surface area contributed by atoms with Gasteiger partial charge in [0, 0.05) is 38.3 Å². The molecule has 1 fully saturated rings. The first-order valence-corrected chi connectivity index (χ1v) is 5.76. The van der Waals surface area contributed by atoms with Gasteiger partial charge in [0.2, 0.25) is 5.95 Å². The average Bonchev–Trinajstić information content (AvgIpc) is 2.39. The van der Waals surface area contributed by atoms with Gasteiger partial charge in [-0.05, 0) is 6.07 Å². The Morgan fingerprint density at radius 3 is 2.37 bits per heavy atom. The van der Waals surface area contributed by atoms with E-state index in [2.05, 4.69) is 14.7 Å². The maximum absolute atomic E-state index is 12.0. The first-order valence-electron chi connectivity index (χ1n) is 5.76. The third-order valence-corrected chi connectivity index (χ3v) is 2.78. The van der Waals surface area contributed by atoms with Gasteiger partial charge in [-0.15, -0.1) is 0 Å². The minimum Gasteiger partial charge on any atom is -0.456 e. The minimum absolute atomic E-state index is 0.333. The lowest BCUT2D eigenvalue weighted by atomic mass is 10.1. The average molecular weight is 275 g/mol. The number of piperidine rings is 1. The molecule has 0 aromatic carbocycles. The zero-order valence-corrected chi connectivity index (χ0v) is 9.93. The summed E-state index contributed by atoms with van der Waals surface area (Å²) in [6, 6.07) is 1.68. The number of alkyl halides is 3. The van der Waals surface area contributed by atoms with Crippen LogP contribution < -0.4 is 4.90 Å². The molecule has 1 aromatic heterocycles. The van der Waals surface area contributed by atoms with Crippen molar-refractivity contribution in [3.05, 3.63) is 18.5 Å². The standard InChI is InChI=1S/C11H12F3N3O2/c12-11(13,14)9(18)19-8-2-6-17(7-3-8)10-15-4-1-5-16-10/h1,4-5,8H,2-3,6-7H2. The zero-order chi connectivity index (χ0) is 13.9. The number of nitrogens with zero attached hydrogens (tertiary/aromatic N) is 3. The molecule has 1 aliphatic rings. The van der Waals surface area contributed by atoms with E-state index in [4.69, 9.17) is 0 Å². The molecule has 1 aliphatic heterocycles. The molecule has 104 valence electrons. The molecule has 0 aliphatic carbocycles. The Balaban J connectivity index is 1.85. The van der Waals surface area contributed by atoms with Crippen LogP contribution in [0.25, 0.3) is 0 Å². The van der Waals surface area contributed by atoms with Crippen molar-refractivity contribution in [2.45, 2.75) is 25.1 Å². The van der Waals surface area contributed by atoms with Crippen molar-refractivity contribution in [3.8, 4) is 0 Å². The van der Waals surface area contributed by atoms with Gasteiger partial charge < -0.3 is 9.64 Å². The van der Waals surface area contributed by atoms with Gasteiger partial charge in [0.1, 0.15) is 6.10 Å². The van der Waals surface area contributed by atoms with Crippen LogP contribution in [0.15, 0.2) is 18.5 Å². The van der Waals surface area contributed by atoms with Crippen LogP contribution in [-0.4, -0.2) is 41.3 Å². The Bertz CT molecular complexity index is 431. The summed E-state index contributed by atoms with van der Waals surface area (Å²) in [6.07, 6.45) is -1.77. The zero-order valence-electron chi connectivity index (χ0n) is 9.93. The molecule has 0 unspecified atom stereocenters. The summed E-state index contributed by atoms with van der Waals surface area (Å²) in [7, 11) is 0. The quantitative estimate of drug-likeness (QED) is 0.766. The van der Waals surface area contributed by atoms with E-state index in [0.29, 0.717) is 31.9 Å². The van der Waals surface area contributed by atoms with Crippen LogP contribution in [0.2, 0.25) is 0 Å². The number of ether oxygens (including phenoxy) is 1. The first-order chi connectivity index (χ1) is 8.97. The van der Waals surface area contributed by atoms with Crippen molar-refractivity contribution in [1.82, 2.24) is 9.97 Å². The van der Waals surface area contributed by atoms with Crippen LogP contribution in [0, 0.1) is 0 Å². The summed E-state index contributed by atoms with van der Waals surface area (Å²) in [6.45, 7) is 0.916. The Hall–Kier alpha value is -1.86. The Kier molecular flexibility index (Phi) is 3.87. The van der Waals surface area contributed by atoms with E-state index in [1.54, 1.807) is 18.5 Å². The van der Waals surface area contributed by atoms with Crippen molar-refractivity contribution in [3.63, 3.8) is 0 Å². The molecule has 0 spiro atoms. The van der Waals surface area contributed by atoms with Crippen LogP contribution >= 0.6 is 0 Å². The van der Waals surface area contributed by atoms with Crippen LogP contribution in [0.4, 0.5) is 19.1 Å². The van der Waals surface area contributed by atoms with E-state index < -0.39 is 18.2 Å². The van der Waals surface area contributed by atoms with Crippen molar-refractivity contribution >= 4 is 11.9 Å². The molecule has 0 radical (unpaired) electrons.